The smallest absolute Gasteiger partial charge is 0.0727 e. The number of nitrogen functional groups attached to an aromatic ring is 1. The summed E-state index contributed by atoms with van der Waals surface area (Å²) >= 11 is 0. The SMILES string of the molecule is CCC(CCO)CNc1cc(C)nc2ccc(N)cc12. The topological polar surface area (TPSA) is 71.2 Å². The fourth-order valence-corrected chi connectivity index (χ4v) is 2.41. The number of aliphatic hydroxyl groups excluding tert-OH is 1. The van der Waals surface area contributed by atoms with Crippen LogP contribution in [0.3, 0.4) is 0 Å². The van der Waals surface area contributed by atoms with Gasteiger partial charge in [0, 0.05) is 35.6 Å². The van der Waals surface area contributed by atoms with E-state index in [4.69, 9.17) is 10.8 Å². The first-order chi connectivity index (χ1) is 9.63. The number of aliphatic hydroxyl groups is 1. The monoisotopic (exact) mass is 273 g/mol. The summed E-state index contributed by atoms with van der Waals surface area (Å²) in [6.07, 6.45) is 1.88. The first-order valence-corrected chi connectivity index (χ1v) is 7.15. The fourth-order valence-electron chi connectivity index (χ4n) is 2.41. The summed E-state index contributed by atoms with van der Waals surface area (Å²) in [5, 5.41) is 13.6. The van der Waals surface area contributed by atoms with Gasteiger partial charge in [-0.25, -0.2) is 0 Å². The molecule has 1 aromatic heterocycles. The van der Waals surface area contributed by atoms with Crippen LogP contribution in [0, 0.1) is 12.8 Å². The molecular formula is C16H23N3O. The third-order valence-electron chi connectivity index (χ3n) is 3.66. The van der Waals surface area contributed by atoms with Gasteiger partial charge in [0.1, 0.15) is 0 Å². The summed E-state index contributed by atoms with van der Waals surface area (Å²) in [4.78, 5) is 4.53. The number of hydrogen-bond donors (Lipinski definition) is 3. The van der Waals surface area contributed by atoms with E-state index in [2.05, 4.69) is 17.2 Å². The van der Waals surface area contributed by atoms with Gasteiger partial charge in [-0.1, -0.05) is 13.3 Å². The van der Waals surface area contributed by atoms with E-state index in [-0.39, 0.29) is 6.61 Å². The van der Waals surface area contributed by atoms with E-state index >= 15 is 0 Å². The van der Waals surface area contributed by atoms with E-state index in [1.54, 1.807) is 0 Å². The van der Waals surface area contributed by atoms with Crippen LogP contribution in [0.1, 0.15) is 25.5 Å². The van der Waals surface area contributed by atoms with Crippen molar-refractivity contribution in [2.24, 2.45) is 5.92 Å². The van der Waals surface area contributed by atoms with Gasteiger partial charge in [-0.3, -0.25) is 4.98 Å². The van der Waals surface area contributed by atoms with E-state index in [0.717, 1.165) is 47.4 Å². The Bertz CT molecular complexity index is 583. The van der Waals surface area contributed by atoms with Crippen LogP contribution in [-0.4, -0.2) is 23.2 Å². The predicted octanol–water partition coefficient (Wildman–Crippen LogP) is 2.95. The standard InChI is InChI=1S/C16H23N3O/c1-3-12(6-7-20)10-18-16-8-11(2)19-15-5-4-13(17)9-14(15)16/h4-5,8-9,12,20H,3,6-7,10,17H2,1-2H3,(H,18,19). The molecular weight excluding hydrogens is 250 g/mol. The van der Waals surface area contributed by atoms with Crippen LogP contribution in [0.25, 0.3) is 10.9 Å². The molecule has 108 valence electrons. The molecule has 20 heavy (non-hydrogen) atoms. The van der Waals surface area contributed by atoms with Gasteiger partial charge in [0.25, 0.3) is 0 Å². The van der Waals surface area contributed by atoms with Crippen LogP contribution in [0.4, 0.5) is 11.4 Å². The van der Waals surface area contributed by atoms with Crippen molar-refractivity contribution in [3.63, 3.8) is 0 Å². The van der Waals surface area contributed by atoms with Gasteiger partial charge in [0.05, 0.1) is 5.52 Å². The number of nitrogens with two attached hydrogens (primary N) is 1. The highest BCUT2D eigenvalue weighted by atomic mass is 16.3. The average Bonchev–Trinajstić information content (AvgIpc) is 2.43. The van der Waals surface area contributed by atoms with Gasteiger partial charge in [0.2, 0.25) is 0 Å². The van der Waals surface area contributed by atoms with Crippen molar-refractivity contribution in [1.29, 1.82) is 0 Å². The Kier molecular flexibility index (Phi) is 4.79. The molecule has 1 atom stereocenters. The van der Waals surface area contributed by atoms with Crippen molar-refractivity contribution in [3.05, 3.63) is 30.0 Å². The lowest BCUT2D eigenvalue weighted by atomic mass is 10.0. The lowest BCUT2D eigenvalue weighted by molar-refractivity contribution is 0.258. The van der Waals surface area contributed by atoms with Crippen LogP contribution in [0.2, 0.25) is 0 Å². The quantitative estimate of drug-likeness (QED) is 0.708. The summed E-state index contributed by atoms with van der Waals surface area (Å²) in [6.45, 7) is 5.23. The summed E-state index contributed by atoms with van der Waals surface area (Å²) < 4.78 is 0. The molecule has 4 N–H and O–H groups in total. The average molecular weight is 273 g/mol. The van der Waals surface area contributed by atoms with Crippen molar-refractivity contribution in [1.82, 2.24) is 4.98 Å². The molecule has 0 amide bonds. The number of nitrogens with one attached hydrogen (secondary N) is 1. The summed E-state index contributed by atoms with van der Waals surface area (Å²) in [7, 11) is 0. The van der Waals surface area contributed by atoms with Gasteiger partial charge in [-0.05, 0) is 43.5 Å². The molecule has 0 bridgehead atoms. The third kappa shape index (κ3) is 3.39. The van der Waals surface area contributed by atoms with Crippen LogP contribution in [0.5, 0.6) is 0 Å². The number of pyridine rings is 1. The Hall–Kier alpha value is -1.81. The van der Waals surface area contributed by atoms with E-state index in [0.29, 0.717) is 5.92 Å². The number of benzene rings is 1. The van der Waals surface area contributed by atoms with Gasteiger partial charge in [-0.2, -0.15) is 0 Å². The Morgan fingerprint density at radius 2 is 2.15 bits per heavy atom. The normalized spacial score (nSPS) is 12.6. The number of aromatic nitrogens is 1. The molecule has 0 saturated carbocycles. The summed E-state index contributed by atoms with van der Waals surface area (Å²) in [6, 6.07) is 7.83. The van der Waals surface area contributed by atoms with Crippen molar-refractivity contribution in [2.45, 2.75) is 26.7 Å². The minimum atomic E-state index is 0.239. The van der Waals surface area contributed by atoms with Gasteiger partial charge >= 0.3 is 0 Å². The second-order valence-corrected chi connectivity index (χ2v) is 5.26. The summed E-state index contributed by atoms with van der Waals surface area (Å²) in [5.41, 5.74) is 9.62. The molecule has 1 aromatic carbocycles. The molecule has 0 saturated heterocycles. The van der Waals surface area contributed by atoms with Crippen LogP contribution >= 0.6 is 0 Å². The Morgan fingerprint density at radius 1 is 1.35 bits per heavy atom. The molecule has 2 rings (SSSR count). The largest absolute Gasteiger partial charge is 0.399 e. The fraction of sp³-hybridized carbons (Fsp3) is 0.438. The van der Waals surface area contributed by atoms with Gasteiger partial charge in [0.15, 0.2) is 0 Å². The zero-order chi connectivity index (χ0) is 14.5. The zero-order valence-electron chi connectivity index (χ0n) is 12.2. The van der Waals surface area contributed by atoms with E-state index < -0.39 is 0 Å². The minimum absolute atomic E-state index is 0.239. The molecule has 0 aliphatic carbocycles. The van der Waals surface area contributed by atoms with Crippen LogP contribution < -0.4 is 11.1 Å². The molecule has 0 aliphatic heterocycles. The van der Waals surface area contributed by atoms with E-state index in [1.807, 2.05) is 31.2 Å². The Balaban J connectivity index is 2.26. The van der Waals surface area contributed by atoms with Crippen molar-refractivity contribution in [3.8, 4) is 0 Å². The number of nitrogens with zero attached hydrogens (tertiary/aromatic N) is 1. The highest BCUT2D eigenvalue weighted by Crippen LogP contribution is 2.25. The minimum Gasteiger partial charge on any atom is -0.399 e. The molecule has 4 heteroatoms. The van der Waals surface area contributed by atoms with Gasteiger partial charge < -0.3 is 16.2 Å². The Labute approximate surface area is 120 Å². The molecule has 1 unspecified atom stereocenters. The molecule has 4 nitrogen and oxygen atoms in total. The van der Waals surface area contributed by atoms with Gasteiger partial charge in [-0.15, -0.1) is 0 Å². The second-order valence-electron chi connectivity index (χ2n) is 5.26. The number of aryl methyl sites for hydroxylation is 1. The first-order valence-electron chi connectivity index (χ1n) is 7.15. The van der Waals surface area contributed by atoms with Crippen molar-refractivity contribution >= 4 is 22.3 Å². The van der Waals surface area contributed by atoms with Crippen molar-refractivity contribution < 1.29 is 5.11 Å². The molecule has 0 radical (unpaired) electrons. The molecule has 0 fully saturated rings. The maximum atomic E-state index is 9.06. The molecule has 1 heterocycles. The molecule has 2 aromatic rings. The maximum Gasteiger partial charge on any atom is 0.0727 e. The second kappa shape index (κ2) is 6.57. The predicted molar refractivity (Wildman–Crippen MR) is 84.9 cm³/mol. The Morgan fingerprint density at radius 3 is 2.85 bits per heavy atom. The highest BCUT2D eigenvalue weighted by Gasteiger charge is 2.08. The molecule has 0 aliphatic rings. The third-order valence-corrected chi connectivity index (χ3v) is 3.66. The van der Waals surface area contributed by atoms with Crippen molar-refractivity contribution in [2.75, 3.05) is 24.2 Å². The van der Waals surface area contributed by atoms with Crippen LogP contribution in [0.15, 0.2) is 24.3 Å². The molecule has 0 spiro atoms. The van der Waals surface area contributed by atoms with Crippen LogP contribution in [-0.2, 0) is 0 Å². The number of rotatable bonds is 6. The number of anilines is 2. The highest BCUT2D eigenvalue weighted by molar-refractivity contribution is 5.93. The number of fused-ring (bicyclic) bond motifs is 1. The zero-order valence-corrected chi connectivity index (χ0v) is 12.2. The lowest BCUT2D eigenvalue weighted by Gasteiger charge is -2.17. The lowest BCUT2D eigenvalue weighted by Crippen LogP contribution is -2.15. The van der Waals surface area contributed by atoms with E-state index in [1.165, 1.54) is 0 Å². The van der Waals surface area contributed by atoms with E-state index in [9.17, 15) is 0 Å². The first kappa shape index (κ1) is 14.6. The maximum absolute atomic E-state index is 9.06. The summed E-state index contributed by atoms with van der Waals surface area (Å²) in [5.74, 6) is 0.476. The number of hydrogen-bond acceptors (Lipinski definition) is 4.